The van der Waals surface area contributed by atoms with Crippen LogP contribution in [0.1, 0.15) is 47.2 Å². The van der Waals surface area contributed by atoms with E-state index in [9.17, 15) is 9.18 Å². The topological polar surface area (TPSA) is 73.6 Å². The van der Waals surface area contributed by atoms with Gasteiger partial charge in [0.25, 0.3) is 5.79 Å². The second-order valence-corrected chi connectivity index (χ2v) is 6.91. The summed E-state index contributed by atoms with van der Waals surface area (Å²) in [6.45, 7) is 3.62. The molecule has 0 radical (unpaired) electrons. The minimum Gasteiger partial charge on any atom is -0.444 e. The van der Waals surface area contributed by atoms with Gasteiger partial charge in [0.2, 0.25) is 5.91 Å². The molecule has 27 heavy (non-hydrogen) atoms. The third kappa shape index (κ3) is 3.47. The molecular formula is C20H22ClFN2O3. The Labute approximate surface area is 163 Å². The molecule has 2 aromatic carbocycles. The van der Waals surface area contributed by atoms with Gasteiger partial charge in [-0.2, -0.15) is 0 Å². The van der Waals surface area contributed by atoms with Crippen molar-refractivity contribution in [3.63, 3.8) is 0 Å². The van der Waals surface area contributed by atoms with Crippen molar-refractivity contribution in [2.24, 2.45) is 5.73 Å². The van der Waals surface area contributed by atoms with Gasteiger partial charge in [-0.25, -0.2) is 4.39 Å². The first-order valence-electron chi connectivity index (χ1n) is 8.79. The molecule has 0 aliphatic carbocycles. The lowest BCUT2D eigenvalue weighted by Gasteiger charge is -2.26. The van der Waals surface area contributed by atoms with Crippen LogP contribution in [-0.4, -0.2) is 19.0 Å². The molecule has 144 valence electrons. The molecule has 4 rings (SSSR count). The van der Waals surface area contributed by atoms with Crippen molar-refractivity contribution in [2.75, 3.05) is 13.1 Å². The lowest BCUT2D eigenvalue weighted by atomic mass is 9.89. The normalized spacial score (nSPS) is 21.6. The summed E-state index contributed by atoms with van der Waals surface area (Å²) >= 11 is 0. The number of benzene rings is 2. The van der Waals surface area contributed by atoms with Gasteiger partial charge in [-0.15, -0.1) is 12.4 Å². The molecule has 2 aliphatic rings. The number of hydrogen-bond acceptors (Lipinski definition) is 4. The van der Waals surface area contributed by atoms with E-state index >= 15 is 0 Å². The highest BCUT2D eigenvalue weighted by atomic mass is 35.5. The van der Waals surface area contributed by atoms with Crippen molar-refractivity contribution in [3.8, 4) is 11.5 Å². The maximum absolute atomic E-state index is 14.6. The number of hydrogen-bond donors (Lipinski definition) is 2. The zero-order valence-corrected chi connectivity index (χ0v) is 15.8. The number of nitrogens with two attached hydrogens (primary N) is 1. The maximum Gasteiger partial charge on any atom is 0.278 e. The van der Waals surface area contributed by atoms with Gasteiger partial charge in [-0.1, -0.05) is 12.1 Å². The third-order valence-electron chi connectivity index (χ3n) is 5.13. The van der Waals surface area contributed by atoms with Crippen LogP contribution in [0.25, 0.3) is 0 Å². The fourth-order valence-electron chi connectivity index (χ4n) is 3.75. The summed E-state index contributed by atoms with van der Waals surface area (Å²) in [6, 6.07) is 9.92. The average Bonchev–Trinajstić information content (AvgIpc) is 2.99. The van der Waals surface area contributed by atoms with Gasteiger partial charge in [0.05, 0.1) is 5.56 Å². The van der Waals surface area contributed by atoms with Gasteiger partial charge in [0.1, 0.15) is 5.82 Å². The van der Waals surface area contributed by atoms with Gasteiger partial charge >= 0.3 is 0 Å². The Hall–Kier alpha value is -2.31. The van der Waals surface area contributed by atoms with Crippen LogP contribution < -0.4 is 20.5 Å². The van der Waals surface area contributed by atoms with E-state index in [4.69, 9.17) is 15.2 Å². The molecule has 0 bridgehead atoms. The molecule has 0 saturated carbocycles. The molecule has 2 heterocycles. The Morgan fingerprint density at radius 3 is 2.63 bits per heavy atom. The number of ether oxygens (including phenoxy) is 2. The first-order valence-corrected chi connectivity index (χ1v) is 8.79. The van der Waals surface area contributed by atoms with Crippen LogP contribution in [0.3, 0.4) is 0 Å². The molecule has 1 amide bonds. The Kier molecular flexibility index (Phi) is 5.31. The molecule has 5 nitrogen and oxygen atoms in total. The van der Waals surface area contributed by atoms with Crippen molar-refractivity contribution in [2.45, 2.75) is 31.5 Å². The Bertz CT molecular complexity index is 870. The van der Waals surface area contributed by atoms with Crippen molar-refractivity contribution in [1.29, 1.82) is 0 Å². The van der Waals surface area contributed by atoms with E-state index in [1.54, 1.807) is 6.92 Å². The van der Waals surface area contributed by atoms with Crippen molar-refractivity contribution in [3.05, 3.63) is 58.9 Å². The van der Waals surface area contributed by atoms with E-state index in [2.05, 4.69) is 11.4 Å². The summed E-state index contributed by atoms with van der Waals surface area (Å²) in [5, 5.41) is 3.36. The Morgan fingerprint density at radius 2 is 1.96 bits per heavy atom. The number of halogens is 2. The van der Waals surface area contributed by atoms with E-state index in [-0.39, 0.29) is 23.5 Å². The van der Waals surface area contributed by atoms with E-state index in [0.29, 0.717) is 17.4 Å². The van der Waals surface area contributed by atoms with Crippen LogP contribution in [0, 0.1) is 5.82 Å². The van der Waals surface area contributed by atoms with Crippen molar-refractivity contribution < 1.29 is 18.7 Å². The lowest BCUT2D eigenvalue weighted by molar-refractivity contribution is -0.0711. The number of fused-ring (bicyclic) bond motifs is 1. The van der Waals surface area contributed by atoms with Crippen LogP contribution in [0.4, 0.5) is 4.39 Å². The minimum atomic E-state index is -1.29. The van der Waals surface area contributed by atoms with E-state index in [1.165, 1.54) is 12.1 Å². The largest absolute Gasteiger partial charge is 0.444 e. The lowest BCUT2D eigenvalue weighted by Crippen LogP contribution is -2.33. The zero-order valence-electron chi connectivity index (χ0n) is 15.0. The molecular weight excluding hydrogens is 371 g/mol. The van der Waals surface area contributed by atoms with E-state index in [1.807, 2.05) is 12.1 Å². The summed E-state index contributed by atoms with van der Waals surface area (Å²) < 4.78 is 26.8. The first kappa shape index (κ1) is 19.5. The number of amides is 1. The van der Waals surface area contributed by atoms with Gasteiger partial charge in [-0.05, 0) is 56.1 Å². The fraction of sp³-hybridized carbons (Fsp3) is 0.350. The Morgan fingerprint density at radius 1 is 1.22 bits per heavy atom. The number of carbonyl (C=O) groups is 1. The number of nitrogens with one attached hydrogen (secondary N) is 1. The van der Waals surface area contributed by atoms with Crippen LogP contribution in [0.5, 0.6) is 11.5 Å². The summed E-state index contributed by atoms with van der Waals surface area (Å²) in [5.41, 5.74) is 6.66. The maximum atomic E-state index is 14.6. The van der Waals surface area contributed by atoms with Gasteiger partial charge in [0, 0.05) is 18.1 Å². The van der Waals surface area contributed by atoms with Crippen LogP contribution in [0.15, 0.2) is 36.4 Å². The number of primary amides is 1. The van der Waals surface area contributed by atoms with Crippen molar-refractivity contribution in [1.82, 2.24) is 5.32 Å². The SMILES string of the molecule is CC1(c2ccc(C(N)=O)cc2F)Oc2cccc(C3CCNCC3)c2O1.Cl. The number of piperidine rings is 1. The molecule has 0 spiro atoms. The highest BCUT2D eigenvalue weighted by molar-refractivity contribution is 5.92. The molecule has 0 aromatic heterocycles. The number of carbonyl (C=O) groups excluding carboxylic acids is 1. The van der Waals surface area contributed by atoms with Crippen LogP contribution in [-0.2, 0) is 5.79 Å². The zero-order chi connectivity index (χ0) is 18.3. The van der Waals surface area contributed by atoms with Gasteiger partial charge in [0.15, 0.2) is 11.5 Å². The second kappa shape index (κ2) is 7.37. The highest BCUT2D eigenvalue weighted by Crippen LogP contribution is 2.49. The quantitative estimate of drug-likeness (QED) is 0.839. The average molecular weight is 393 g/mol. The molecule has 1 saturated heterocycles. The molecule has 1 atom stereocenters. The molecule has 7 heteroatoms. The van der Waals surface area contributed by atoms with E-state index in [0.717, 1.165) is 37.6 Å². The summed E-state index contributed by atoms with van der Waals surface area (Å²) in [6.07, 6.45) is 2.05. The third-order valence-corrected chi connectivity index (χ3v) is 5.13. The number of rotatable bonds is 3. The summed E-state index contributed by atoms with van der Waals surface area (Å²) in [7, 11) is 0. The molecule has 3 N–H and O–H groups in total. The second-order valence-electron chi connectivity index (χ2n) is 6.91. The first-order chi connectivity index (χ1) is 12.5. The highest BCUT2D eigenvalue weighted by Gasteiger charge is 2.42. The summed E-state index contributed by atoms with van der Waals surface area (Å²) in [5.74, 6) is -0.863. The smallest absolute Gasteiger partial charge is 0.278 e. The molecule has 2 aromatic rings. The monoisotopic (exact) mass is 392 g/mol. The van der Waals surface area contributed by atoms with Crippen LogP contribution >= 0.6 is 12.4 Å². The fourth-order valence-corrected chi connectivity index (χ4v) is 3.75. The minimum absolute atomic E-state index is 0. The summed E-state index contributed by atoms with van der Waals surface area (Å²) in [4.78, 5) is 11.3. The van der Waals surface area contributed by atoms with E-state index < -0.39 is 17.5 Å². The van der Waals surface area contributed by atoms with Crippen LogP contribution in [0.2, 0.25) is 0 Å². The van der Waals surface area contributed by atoms with Gasteiger partial charge in [-0.3, -0.25) is 4.79 Å². The predicted octanol–water partition coefficient (Wildman–Crippen LogP) is 3.46. The Balaban J connectivity index is 0.00000210. The standard InChI is InChI=1S/C20H21FN2O3.ClH/c1-20(15-6-5-13(19(22)24)11-16(15)21)25-17-4-2-3-14(18(17)26-20)12-7-9-23-10-8-12;/h2-6,11-12,23H,7-10H2,1H3,(H2,22,24);1H. The molecule has 2 aliphatic heterocycles. The van der Waals surface area contributed by atoms with Crippen molar-refractivity contribution >= 4 is 18.3 Å². The predicted molar refractivity (Wildman–Crippen MR) is 102 cm³/mol. The number of para-hydroxylation sites is 1. The molecule has 1 unspecified atom stereocenters. The van der Waals surface area contributed by atoms with Gasteiger partial charge < -0.3 is 20.5 Å². The molecule has 1 fully saturated rings.